The lowest BCUT2D eigenvalue weighted by atomic mass is 10.3. The Morgan fingerprint density at radius 1 is 1.35 bits per heavy atom. The lowest BCUT2D eigenvalue weighted by Gasteiger charge is -2.16. The Kier molecular flexibility index (Phi) is 4.33. The third-order valence-corrected chi connectivity index (χ3v) is 5.70. The minimum absolute atomic E-state index is 0.0864. The van der Waals surface area contributed by atoms with Gasteiger partial charge in [0.2, 0.25) is 10.0 Å². The summed E-state index contributed by atoms with van der Waals surface area (Å²) in [5.74, 6) is -0.751. The zero-order valence-electron chi connectivity index (χ0n) is 10.5. The van der Waals surface area contributed by atoms with E-state index in [1.807, 2.05) is 0 Å². The molecule has 0 aliphatic carbocycles. The number of rotatable bonds is 4. The number of anilines is 1. The Morgan fingerprint density at radius 3 is 2.60 bits per heavy atom. The van der Waals surface area contributed by atoms with Crippen LogP contribution >= 0.6 is 22.9 Å². The van der Waals surface area contributed by atoms with E-state index in [0.29, 0.717) is 4.34 Å². The van der Waals surface area contributed by atoms with Crippen LogP contribution in [0.2, 0.25) is 4.34 Å². The van der Waals surface area contributed by atoms with Gasteiger partial charge in [-0.15, -0.1) is 11.3 Å². The van der Waals surface area contributed by atoms with Crippen LogP contribution in [0.1, 0.15) is 4.88 Å². The molecule has 0 fully saturated rings. The van der Waals surface area contributed by atoms with Crippen molar-refractivity contribution in [3.8, 4) is 0 Å². The zero-order valence-corrected chi connectivity index (χ0v) is 12.9. The summed E-state index contributed by atoms with van der Waals surface area (Å²) in [5.41, 5.74) is 5.25. The summed E-state index contributed by atoms with van der Waals surface area (Å²) in [5, 5.41) is 0. The first kappa shape index (κ1) is 15.2. The standard InChI is InChI=1S/C12H12ClFN2O2S2/c1-16(7-8-2-5-12(13)19-8)20(17,18)9-3-4-11(15)10(14)6-9/h2-6H,7,15H2,1H3. The quantitative estimate of drug-likeness (QED) is 0.874. The largest absolute Gasteiger partial charge is 0.396 e. The molecule has 1 heterocycles. The van der Waals surface area contributed by atoms with Crippen LogP contribution in [0.25, 0.3) is 0 Å². The molecule has 0 saturated heterocycles. The first-order chi connectivity index (χ1) is 9.30. The van der Waals surface area contributed by atoms with Crippen molar-refractivity contribution in [3.63, 3.8) is 0 Å². The number of hydrogen-bond acceptors (Lipinski definition) is 4. The molecule has 0 spiro atoms. The van der Waals surface area contributed by atoms with Crippen molar-refractivity contribution >= 4 is 38.6 Å². The topological polar surface area (TPSA) is 63.4 Å². The van der Waals surface area contributed by atoms with Gasteiger partial charge in [-0.25, -0.2) is 12.8 Å². The van der Waals surface area contributed by atoms with E-state index in [9.17, 15) is 12.8 Å². The molecule has 2 aromatic rings. The predicted octanol–water partition coefficient (Wildman–Crippen LogP) is 2.94. The normalized spacial score (nSPS) is 12.0. The fourth-order valence-corrected chi connectivity index (χ4v) is 3.97. The van der Waals surface area contributed by atoms with Crippen LogP contribution in [0.4, 0.5) is 10.1 Å². The second-order valence-electron chi connectivity index (χ2n) is 4.15. The molecule has 0 saturated carbocycles. The molecule has 0 radical (unpaired) electrons. The number of nitrogen functional groups attached to an aromatic ring is 1. The van der Waals surface area contributed by atoms with Crippen LogP contribution in [0.15, 0.2) is 35.2 Å². The van der Waals surface area contributed by atoms with Crippen LogP contribution in [0, 0.1) is 5.82 Å². The Balaban J connectivity index is 2.27. The Bertz CT molecular complexity index is 731. The van der Waals surface area contributed by atoms with Gasteiger partial charge < -0.3 is 5.73 Å². The summed E-state index contributed by atoms with van der Waals surface area (Å²) < 4.78 is 39.7. The van der Waals surface area contributed by atoms with Crippen LogP contribution in [-0.2, 0) is 16.6 Å². The van der Waals surface area contributed by atoms with Gasteiger partial charge in [0, 0.05) is 18.5 Å². The average molecular weight is 335 g/mol. The van der Waals surface area contributed by atoms with Gasteiger partial charge in [-0.3, -0.25) is 0 Å². The highest BCUT2D eigenvalue weighted by molar-refractivity contribution is 7.89. The highest BCUT2D eigenvalue weighted by Gasteiger charge is 2.22. The Hall–Kier alpha value is -1.15. The number of halogens is 2. The molecule has 0 bridgehead atoms. The lowest BCUT2D eigenvalue weighted by Crippen LogP contribution is -2.26. The maximum absolute atomic E-state index is 13.4. The third-order valence-electron chi connectivity index (χ3n) is 2.69. The van der Waals surface area contributed by atoms with E-state index in [4.69, 9.17) is 17.3 Å². The third kappa shape index (κ3) is 3.12. The van der Waals surface area contributed by atoms with Crippen molar-refractivity contribution in [2.75, 3.05) is 12.8 Å². The molecule has 20 heavy (non-hydrogen) atoms. The zero-order chi connectivity index (χ0) is 14.9. The summed E-state index contributed by atoms with van der Waals surface area (Å²) in [6.45, 7) is 0.172. The summed E-state index contributed by atoms with van der Waals surface area (Å²) in [7, 11) is -2.34. The van der Waals surface area contributed by atoms with Crippen molar-refractivity contribution in [1.82, 2.24) is 4.31 Å². The van der Waals surface area contributed by atoms with Crippen molar-refractivity contribution in [2.45, 2.75) is 11.4 Å². The van der Waals surface area contributed by atoms with Gasteiger partial charge in [0.1, 0.15) is 5.82 Å². The van der Waals surface area contributed by atoms with Crippen molar-refractivity contribution < 1.29 is 12.8 Å². The van der Waals surface area contributed by atoms with Crippen LogP contribution in [0.5, 0.6) is 0 Å². The first-order valence-electron chi connectivity index (χ1n) is 5.56. The SMILES string of the molecule is CN(Cc1ccc(Cl)s1)S(=O)(=O)c1ccc(N)c(F)c1. The van der Waals surface area contributed by atoms with Crippen LogP contribution in [-0.4, -0.2) is 19.8 Å². The highest BCUT2D eigenvalue weighted by atomic mass is 35.5. The molecular weight excluding hydrogens is 323 g/mol. The highest BCUT2D eigenvalue weighted by Crippen LogP contribution is 2.25. The van der Waals surface area contributed by atoms with E-state index in [2.05, 4.69) is 0 Å². The van der Waals surface area contributed by atoms with Gasteiger partial charge in [-0.2, -0.15) is 4.31 Å². The summed E-state index contributed by atoms with van der Waals surface area (Å²) >= 11 is 7.10. The van der Waals surface area contributed by atoms with Crippen LogP contribution in [0.3, 0.4) is 0 Å². The molecule has 1 aromatic carbocycles. The number of sulfonamides is 1. The number of hydrogen-bond donors (Lipinski definition) is 1. The fourth-order valence-electron chi connectivity index (χ4n) is 1.59. The molecule has 0 aliphatic heterocycles. The number of benzene rings is 1. The van der Waals surface area contributed by atoms with Gasteiger partial charge in [-0.05, 0) is 30.3 Å². The average Bonchev–Trinajstić information content (AvgIpc) is 2.78. The fraction of sp³-hybridized carbons (Fsp3) is 0.167. The number of nitrogens with two attached hydrogens (primary N) is 1. The van der Waals surface area contributed by atoms with Gasteiger partial charge >= 0.3 is 0 Å². The Labute approximate surface area is 125 Å². The van der Waals surface area contributed by atoms with E-state index in [-0.39, 0.29) is 17.1 Å². The molecule has 4 nitrogen and oxygen atoms in total. The minimum Gasteiger partial charge on any atom is -0.396 e. The smallest absolute Gasteiger partial charge is 0.243 e. The van der Waals surface area contributed by atoms with Gasteiger partial charge in [0.05, 0.1) is 14.9 Å². The molecule has 0 aliphatic rings. The van der Waals surface area contributed by atoms with E-state index in [1.54, 1.807) is 12.1 Å². The molecule has 2 N–H and O–H groups in total. The van der Waals surface area contributed by atoms with Crippen LogP contribution < -0.4 is 5.73 Å². The van der Waals surface area contributed by atoms with E-state index in [0.717, 1.165) is 15.2 Å². The molecule has 1 aromatic heterocycles. The van der Waals surface area contributed by atoms with Crippen molar-refractivity contribution in [3.05, 3.63) is 45.4 Å². The second-order valence-corrected chi connectivity index (χ2v) is 7.99. The maximum atomic E-state index is 13.4. The Morgan fingerprint density at radius 2 is 2.05 bits per heavy atom. The second kappa shape index (κ2) is 5.69. The summed E-state index contributed by atoms with van der Waals surface area (Å²) in [4.78, 5) is 0.673. The van der Waals surface area contributed by atoms with Gasteiger partial charge in [0.25, 0.3) is 0 Å². The molecule has 108 valence electrons. The molecule has 0 unspecified atom stereocenters. The number of nitrogens with zero attached hydrogens (tertiary/aromatic N) is 1. The van der Waals surface area contributed by atoms with Crippen molar-refractivity contribution in [2.24, 2.45) is 0 Å². The van der Waals surface area contributed by atoms with Crippen molar-refractivity contribution in [1.29, 1.82) is 0 Å². The lowest BCUT2D eigenvalue weighted by molar-refractivity contribution is 0.469. The molecular formula is C12H12ClFN2O2S2. The molecule has 0 amide bonds. The number of thiophene rings is 1. The molecule has 2 rings (SSSR count). The summed E-state index contributed by atoms with van der Waals surface area (Å²) in [6.07, 6.45) is 0. The van der Waals surface area contributed by atoms with E-state index < -0.39 is 15.8 Å². The van der Waals surface area contributed by atoms with Gasteiger partial charge in [0.15, 0.2) is 0 Å². The van der Waals surface area contributed by atoms with E-state index in [1.165, 1.54) is 30.5 Å². The minimum atomic E-state index is -3.77. The molecule has 0 atom stereocenters. The van der Waals surface area contributed by atoms with Gasteiger partial charge in [-0.1, -0.05) is 11.6 Å². The predicted molar refractivity (Wildman–Crippen MR) is 78.8 cm³/mol. The molecule has 8 heteroatoms. The van der Waals surface area contributed by atoms with E-state index >= 15 is 0 Å². The summed E-state index contributed by atoms with van der Waals surface area (Å²) in [6, 6.07) is 6.89. The maximum Gasteiger partial charge on any atom is 0.243 e. The monoisotopic (exact) mass is 334 g/mol. The first-order valence-corrected chi connectivity index (χ1v) is 8.20.